The van der Waals surface area contributed by atoms with E-state index >= 15 is 0 Å². The average molecular weight is 371 g/mol. The molecule has 0 atom stereocenters. The molecule has 1 aromatic heterocycles. The standard InChI is InChI=1S/C16H23BrN2O3/c1-15(2,3)22-14(20)19-10-8-16(21-4,9-11-19)12-6-5-7-13(17)18-12/h5-7H,8-11H2,1-4H3. The molecule has 1 aromatic rings. The molecule has 0 saturated carbocycles. The third-order valence-corrected chi connectivity index (χ3v) is 4.24. The summed E-state index contributed by atoms with van der Waals surface area (Å²) < 4.78 is 12.0. The number of likely N-dealkylation sites (tertiary alicyclic amines) is 1. The highest BCUT2D eigenvalue weighted by Crippen LogP contribution is 2.36. The first kappa shape index (κ1) is 17.2. The number of pyridine rings is 1. The van der Waals surface area contributed by atoms with Crippen LogP contribution in [-0.4, -0.2) is 41.8 Å². The number of hydrogen-bond acceptors (Lipinski definition) is 4. The fourth-order valence-corrected chi connectivity index (χ4v) is 2.95. The Bertz CT molecular complexity index is 534. The molecule has 0 unspecified atom stereocenters. The van der Waals surface area contributed by atoms with E-state index in [1.165, 1.54) is 0 Å². The van der Waals surface area contributed by atoms with Gasteiger partial charge in [-0.3, -0.25) is 0 Å². The van der Waals surface area contributed by atoms with Crippen LogP contribution in [0, 0.1) is 0 Å². The van der Waals surface area contributed by atoms with Crippen LogP contribution in [0.5, 0.6) is 0 Å². The number of carbonyl (C=O) groups is 1. The smallest absolute Gasteiger partial charge is 0.410 e. The normalized spacial score (nSPS) is 18.1. The molecule has 5 nitrogen and oxygen atoms in total. The maximum absolute atomic E-state index is 12.1. The van der Waals surface area contributed by atoms with Crippen LogP contribution >= 0.6 is 15.9 Å². The molecule has 1 aliphatic heterocycles. The number of amides is 1. The third kappa shape index (κ3) is 3.98. The Hall–Kier alpha value is -1.14. The van der Waals surface area contributed by atoms with Crippen LogP contribution in [0.15, 0.2) is 22.8 Å². The second-order valence-corrected chi connectivity index (χ2v) is 7.32. The molecule has 122 valence electrons. The molecule has 6 heteroatoms. The summed E-state index contributed by atoms with van der Waals surface area (Å²) in [5.74, 6) is 0. The number of hydrogen-bond donors (Lipinski definition) is 0. The van der Waals surface area contributed by atoms with Crippen molar-refractivity contribution in [3.05, 3.63) is 28.5 Å². The van der Waals surface area contributed by atoms with E-state index in [0.29, 0.717) is 25.9 Å². The lowest BCUT2D eigenvalue weighted by Crippen LogP contribution is -2.47. The van der Waals surface area contributed by atoms with Crippen molar-refractivity contribution < 1.29 is 14.3 Å². The van der Waals surface area contributed by atoms with Crippen molar-refractivity contribution in [1.82, 2.24) is 9.88 Å². The van der Waals surface area contributed by atoms with Gasteiger partial charge in [-0.1, -0.05) is 6.07 Å². The molecule has 0 bridgehead atoms. The van der Waals surface area contributed by atoms with E-state index in [1.807, 2.05) is 39.0 Å². The summed E-state index contributed by atoms with van der Waals surface area (Å²) in [6, 6.07) is 5.81. The van der Waals surface area contributed by atoms with Gasteiger partial charge in [0, 0.05) is 20.2 Å². The molecule has 1 amide bonds. The number of halogens is 1. The summed E-state index contributed by atoms with van der Waals surface area (Å²) in [5.41, 5.74) is -0.0192. The van der Waals surface area contributed by atoms with Crippen LogP contribution in [0.4, 0.5) is 4.79 Å². The zero-order valence-electron chi connectivity index (χ0n) is 13.6. The molecule has 0 aliphatic carbocycles. The first-order valence-corrected chi connectivity index (χ1v) is 8.21. The topological polar surface area (TPSA) is 51.7 Å². The Morgan fingerprint density at radius 3 is 2.45 bits per heavy atom. The van der Waals surface area contributed by atoms with E-state index in [2.05, 4.69) is 20.9 Å². The summed E-state index contributed by atoms with van der Waals surface area (Å²) in [5, 5.41) is 0. The van der Waals surface area contributed by atoms with Gasteiger partial charge in [-0.15, -0.1) is 0 Å². The maximum atomic E-state index is 12.1. The minimum Gasteiger partial charge on any atom is -0.444 e. The number of piperidine rings is 1. The van der Waals surface area contributed by atoms with E-state index in [0.717, 1.165) is 10.3 Å². The van der Waals surface area contributed by atoms with Crippen molar-refractivity contribution in [3.8, 4) is 0 Å². The Morgan fingerprint density at radius 1 is 1.32 bits per heavy atom. The van der Waals surface area contributed by atoms with Crippen LogP contribution in [0.25, 0.3) is 0 Å². The van der Waals surface area contributed by atoms with E-state index in [-0.39, 0.29) is 6.09 Å². The van der Waals surface area contributed by atoms with Crippen molar-refractivity contribution in [2.45, 2.75) is 44.8 Å². The molecule has 0 radical (unpaired) electrons. The van der Waals surface area contributed by atoms with Gasteiger partial charge in [0.1, 0.15) is 15.8 Å². The van der Waals surface area contributed by atoms with Gasteiger partial charge < -0.3 is 14.4 Å². The number of carbonyl (C=O) groups excluding carboxylic acids is 1. The fourth-order valence-electron chi connectivity index (χ4n) is 2.60. The Kier molecular flexibility index (Phi) is 5.12. The second kappa shape index (κ2) is 6.54. The molecule has 0 spiro atoms. The Balaban J connectivity index is 2.07. The average Bonchev–Trinajstić information content (AvgIpc) is 2.45. The quantitative estimate of drug-likeness (QED) is 0.744. The largest absolute Gasteiger partial charge is 0.444 e. The third-order valence-electron chi connectivity index (χ3n) is 3.80. The second-order valence-electron chi connectivity index (χ2n) is 6.51. The zero-order valence-corrected chi connectivity index (χ0v) is 15.1. The summed E-state index contributed by atoms with van der Waals surface area (Å²) in [4.78, 5) is 18.4. The minimum atomic E-state index is -0.473. The van der Waals surface area contributed by atoms with Crippen LogP contribution in [-0.2, 0) is 15.1 Å². The molecule has 2 rings (SSSR count). The molecule has 2 heterocycles. The molecule has 22 heavy (non-hydrogen) atoms. The zero-order chi connectivity index (χ0) is 16.4. The highest BCUT2D eigenvalue weighted by atomic mass is 79.9. The minimum absolute atomic E-state index is 0.264. The van der Waals surface area contributed by atoms with Crippen LogP contribution in [0.3, 0.4) is 0 Å². The summed E-state index contributed by atoms with van der Waals surface area (Å²) in [7, 11) is 1.70. The molecule has 0 N–H and O–H groups in total. The van der Waals surface area contributed by atoms with Gasteiger partial charge >= 0.3 is 6.09 Å². The van der Waals surface area contributed by atoms with Gasteiger partial charge in [-0.05, 0) is 61.7 Å². The Labute approximate surface area is 140 Å². The van der Waals surface area contributed by atoms with Gasteiger partial charge in [0.15, 0.2) is 0 Å². The van der Waals surface area contributed by atoms with E-state index < -0.39 is 11.2 Å². The highest BCUT2D eigenvalue weighted by Gasteiger charge is 2.39. The predicted molar refractivity (Wildman–Crippen MR) is 87.7 cm³/mol. The number of aromatic nitrogens is 1. The lowest BCUT2D eigenvalue weighted by molar-refractivity contribution is -0.0678. The monoisotopic (exact) mass is 370 g/mol. The Morgan fingerprint density at radius 2 is 1.95 bits per heavy atom. The molecule has 1 aliphatic rings. The number of ether oxygens (including phenoxy) is 2. The number of nitrogens with zero attached hydrogens (tertiary/aromatic N) is 2. The number of methoxy groups -OCH3 is 1. The van der Waals surface area contributed by atoms with E-state index in [9.17, 15) is 4.79 Å². The summed E-state index contributed by atoms with van der Waals surface area (Å²) in [6.45, 7) is 6.81. The first-order valence-electron chi connectivity index (χ1n) is 7.42. The van der Waals surface area contributed by atoms with Crippen molar-refractivity contribution in [3.63, 3.8) is 0 Å². The molecule has 0 aromatic carbocycles. The molecular formula is C16H23BrN2O3. The first-order chi connectivity index (χ1) is 10.3. The lowest BCUT2D eigenvalue weighted by Gasteiger charge is -2.40. The predicted octanol–water partition coefficient (Wildman–Crippen LogP) is 3.72. The van der Waals surface area contributed by atoms with Gasteiger partial charge in [0.2, 0.25) is 0 Å². The van der Waals surface area contributed by atoms with E-state index in [1.54, 1.807) is 12.0 Å². The summed E-state index contributed by atoms with van der Waals surface area (Å²) in [6.07, 6.45) is 1.14. The van der Waals surface area contributed by atoms with Crippen molar-refractivity contribution in [2.24, 2.45) is 0 Å². The van der Waals surface area contributed by atoms with Crippen molar-refractivity contribution in [1.29, 1.82) is 0 Å². The highest BCUT2D eigenvalue weighted by molar-refractivity contribution is 9.10. The van der Waals surface area contributed by atoms with Gasteiger partial charge in [0.05, 0.1) is 5.69 Å². The van der Waals surface area contributed by atoms with Gasteiger partial charge in [-0.2, -0.15) is 0 Å². The maximum Gasteiger partial charge on any atom is 0.410 e. The van der Waals surface area contributed by atoms with Crippen LogP contribution in [0.1, 0.15) is 39.3 Å². The molecular weight excluding hydrogens is 348 g/mol. The fraction of sp³-hybridized carbons (Fsp3) is 0.625. The summed E-state index contributed by atoms with van der Waals surface area (Å²) >= 11 is 3.40. The SMILES string of the molecule is COC1(c2cccc(Br)n2)CCN(C(=O)OC(C)(C)C)CC1. The molecule has 1 saturated heterocycles. The van der Waals surface area contributed by atoms with Crippen molar-refractivity contribution in [2.75, 3.05) is 20.2 Å². The number of rotatable bonds is 2. The van der Waals surface area contributed by atoms with Crippen LogP contribution < -0.4 is 0 Å². The van der Waals surface area contributed by atoms with Crippen molar-refractivity contribution >= 4 is 22.0 Å². The van der Waals surface area contributed by atoms with Crippen LogP contribution in [0.2, 0.25) is 0 Å². The van der Waals surface area contributed by atoms with Gasteiger partial charge in [0.25, 0.3) is 0 Å². The van der Waals surface area contributed by atoms with E-state index in [4.69, 9.17) is 9.47 Å². The molecule has 1 fully saturated rings. The lowest BCUT2D eigenvalue weighted by atomic mass is 9.87. The van der Waals surface area contributed by atoms with Gasteiger partial charge in [-0.25, -0.2) is 9.78 Å².